The monoisotopic (exact) mass is 423 g/mol. The normalized spacial score (nSPS) is 22.0. The Kier molecular flexibility index (Phi) is 6.41. The second-order valence-electron chi connectivity index (χ2n) is 7.20. The van der Waals surface area contributed by atoms with E-state index in [-0.39, 0.29) is 54.5 Å². The largest absolute Gasteiger partial charge is 0.497 e. The average Bonchev–Trinajstić information content (AvgIpc) is 3.06. The van der Waals surface area contributed by atoms with E-state index in [9.17, 15) is 18.0 Å². The molecule has 0 aromatic heterocycles. The van der Waals surface area contributed by atoms with Crippen LogP contribution in [0.5, 0.6) is 11.5 Å². The van der Waals surface area contributed by atoms with Crippen molar-refractivity contribution in [2.75, 3.05) is 25.2 Å². The van der Waals surface area contributed by atoms with E-state index >= 15 is 0 Å². The summed E-state index contributed by atoms with van der Waals surface area (Å²) < 4.78 is 34.1. The minimum absolute atomic E-state index is 0.0399. The number of hydrogen-bond acceptors (Lipinski definition) is 7. The lowest BCUT2D eigenvalue weighted by atomic mass is 10.1. The van der Waals surface area contributed by atoms with Crippen molar-refractivity contribution in [2.45, 2.75) is 38.3 Å². The first kappa shape index (κ1) is 21.1. The molecular weight excluding hydrogens is 398 g/mol. The zero-order valence-corrected chi connectivity index (χ0v) is 17.3. The van der Waals surface area contributed by atoms with Gasteiger partial charge in [0.05, 0.1) is 30.7 Å². The number of hydrazone groups is 1. The standard InChI is InChI=1S/C19H25N3O6S/c1-13(11-28-16-5-3-15(27-2)4-6-16)20-19(24)17-7-8-18(23)22(21-17)14-9-10-29(25,26)12-14/h3-6,13-14H,7-12H2,1-2H3,(H,20,24)/t13-,14-/m1/s1. The maximum atomic E-state index is 12.5. The number of methoxy groups -OCH3 is 1. The summed E-state index contributed by atoms with van der Waals surface area (Å²) in [6, 6.07) is 6.33. The van der Waals surface area contributed by atoms with E-state index in [1.807, 2.05) is 0 Å². The molecule has 158 valence electrons. The highest BCUT2D eigenvalue weighted by Crippen LogP contribution is 2.22. The Hall–Kier alpha value is -2.62. The zero-order valence-electron chi connectivity index (χ0n) is 16.5. The van der Waals surface area contributed by atoms with Crippen LogP contribution in [0.4, 0.5) is 0 Å². The maximum absolute atomic E-state index is 12.5. The molecule has 1 saturated heterocycles. The Labute approximate surface area is 170 Å². The predicted octanol–water partition coefficient (Wildman–Crippen LogP) is 0.744. The Bertz CT molecular complexity index is 897. The second kappa shape index (κ2) is 8.81. The van der Waals surface area contributed by atoms with E-state index in [0.29, 0.717) is 12.2 Å². The van der Waals surface area contributed by atoms with E-state index in [2.05, 4.69) is 10.4 Å². The molecule has 3 rings (SSSR count). The van der Waals surface area contributed by atoms with Gasteiger partial charge >= 0.3 is 0 Å². The van der Waals surface area contributed by atoms with Crippen molar-refractivity contribution < 1.29 is 27.5 Å². The Morgan fingerprint density at radius 1 is 1.28 bits per heavy atom. The molecule has 1 aromatic carbocycles. The fourth-order valence-corrected chi connectivity index (χ4v) is 4.92. The van der Waals surface area contributed by atoms with Crippen LogP contribution in [0.3, 0.4) is 0 Å². The number of carbonyl (C=O) groups excluding carboxylic acids is 2. The van der Waals surface area contributed by atoms with Crippen LogP contribution >= 0.6 is 0 Å². The van der Waals surface area contributed by atoms with Gasteiger partial charge in [0.2, 0.25) is 5.91 Å². The summed E-state index contributed by atoms with van der Waals surface area (Å²) in [6.45, 7) is 2.06. The van der Waals surface area contributed by atoms with Crippen LogP contribution in [-0.2, 0) is 19.4 Å². The van der Waals surface area contributed by atoms with Crippen molar-refractivity contribution in [3.8, 4) is 11.5 Å². The molecule has 2 aliphatic heterocycles. The van der Waals surface area contributed by atoms with Gasteiger partial charge in [0.15, 0.2) is 9.84 Å². The molecule has 2 aliphatic rings. The van der Waals surface area contributed by atoms with Crippen molar-refractivity contribution in [1.29, 1.82) is 0 Å². The minimum atomic E-state index is -3.15. The number of sulfone groups is 1. The highest BCUT2D eigenvalue weighted by molar-refractivity contribution is 7.91. The number of nitrogens with zero attached hydrogens (tertiary/aromatic N) is 2. The first-order valence-corrected chi connectivity index (χ1v) is 11.3. The first-order valence-electron chi connectivity index (χ1n) is 9.45. The van der Waals surface area contributed by atoms with Gasteiger partial charge in [-0.15, -0.1) is 0 Å². The van der Waals surface area contributed by atoms with E-state index in [0.717, 1.165) is 5.75 Å². The Balaban J connectivity index is 1.55. The van der Waals surface area contributed by atoms with Crippen LogP contribution < -0.4 is 14.8 Å². The molecule has 2 heterocycles. The summed E-state index contributed by atoms with van der Waals surface area (Å²) in [7, 11) is -1.57. The van der Waals surface area contributed by atoms with Gasteiger partial charge in [-0.1, -0.05) is 0 Å². The van der Waals surface area contributed by atoms with Crippen LogP contribution in [0.25, 0.3) is 0 Å². The third-order valence-corrected chi connectivity index (χ3v) is 6.56. The van der Waals surface area contributed by atoms with Crippen molar-refractivity contribution >= 4 is 27.4 Å². The van der Waals surface area contributed by atoms with E-state index < -0.39 is 15.9 Å². The van der Waals surface area contributed by atoms with Crippen molar-refractivity contribution in [3.05, 3.63) is 24.3 Å². The maximum Gasteiger partial charge on any atom is 0.267 e. The summed E-state index contributed by atoms with van der Waals surface area (Å²) in [5.74, 6) is 0.680. The third-order valence-electron chi connectivity index (χ3n) is 4.81. The van der Waals surface area contributed by atoms with E-state index in [4.69, 9.17) is 9.47 Å². The van der Waals surface area contributed by atoms with Gasteiger partial charge in [0.1, 0.15) is 23.8 Å². The van der Waals surface area contributed by atoms with Crippen LogP contribution in [0.15, 0.2) is 29.4 Å². The molecule has 0 unspecified atom stereocenters. The molecular formula is C19H25N3O6S. The lowest BCUT2D eigenvalue weighted by molar-refractivity contribution is -0.133. The van der Waals surface area contributed by atoms with Gasteiger partial charge in [0, 0.05) is 12.8 Å². The number of benzene rings is 1. The van der Waals surface area contributed by atoms with Crippen LogP contribution in [0.1, 0.15) is 26.2 Å². The summed E-state index contributed by atoms with van der Waals surface area (Å²) >= 11 is 0. The number of ether oxygens (including phenoxy) is 2. The third kappa shape index (κ3) is 5.47. The molecule has 1 fully saturated rings. The lowest BCUT2D eigenvalue weighted by Gasteiger charge is -2.28. The molecule has 10 heteroatoms. The Morgan fingerprint density at radius 3 is 2.59 bits per heavy atom. The topological polar surface area (TPSA) is 114 Å². The quantitative estimate of drug-likeness (QED) is 0.692. The van der Waals surface area contributed by atoms with Gasteiger partial charge in [-0.05, 0) is 37.6 Å². The number of carbonyl (C=O) groups is 2. The molecule has 0 spiro atoms. The van der Waals surface area contributed by atoms with Crippen LogP contribution in [0, 0.1) is 0 Å². The molecule has 1 N–H and O–H groups in total. The van der Waals surface area contributed by atoms with Crippen molar-refractivity contribution in [2.24, 2.45) is 5.10 Å². The first-order chi connectivity index (χ1) is 13.8. The summed E-state index contributed by atoms with van der Waals surface area (Å²) in [5.41, 5.74) is 0.227. The van der Waals surface area contributed by atoms with Gasteiger partial charge in [-0.2, -0.15) is 5.10 Å². The number of amides is 2. The predicted molar refractivity (Wildman–Crippen MR) is 107 cm³/mol. The molecule has 0 saturated carbocycles. The molecule has 2 atom stereocenters. The van der Waals surface area contributed by atoms with Crippen LogP contribution in [0.2, 0.25) is 0 Å². The van der Waals surface area contributed by atoms with Crippen molar-refractivity contribution in [1.82, 2.24) is 10.3 Å². The number of rotatable bonds is 7. The zero-order chi connectivity index (χ0) is 21.0. The highest BCUT2D eigenvalue weighted by Gasteiger charge is 2.37. The summed E-state index contributed by atoms with van der Waals surface area (Å²) in [5, 5.41) is 8.16. The number of nitrogens with one attached hydrogen (secondary N) is 1. The molecule has 2 amide bonds. The molecule has 0 bridgehead atoms. The summed E-state index contributed by atoms with van der Waals surface area (Å²) in [6.07, 6.45) is 0.713. The molecule has 1 aromatic rings. The molecule has 0 radical (unpaired) electrons. The smallest absolute Gasteiger partial charge is 0.267 e. The minimum Gasteiger partial charge on any atom is -0.497 e. The number of hydrogen-bond donors (Lipinski definition) is 1. The van der Waals surface area contributed by atoms with Gasteiger partial charge < -0.3 is 14.8 Å². The van der Waals surface area contributed by atoms with Gasteiger partial charge in [0.25, 0.3) is 5.91 Å². The fourth-order valence-electron chi connectivity index (χ4n) is 3.23. The van der Waals surface area contributed by atoms with Gasteiger partial charge in [-0.25, -0.2) is 13.4 Å². The molecule has 9 nitrogen and oxygen atoms in total. The lowest BCUT2D eigenvalue weighted by Crippen LogP contribution is -2.46. The van der Waals surface area contributed by atoms with Crippen LogP contribution in [-0.4, -0.2) is 68.3 Å². The van der Waals surface area contributed by atoms with E-state index in [1.165, 1.54) is 5.01 Å². The van der Waals surface area contributed by atoms with Gasteiger partial charge in [-0.3, -0.25) is 9.59 Å². The molecule has 29 heavy (non-hydrogen) atoms. The van der Waals surface area contributed by atoms with E-state index in [1.54, 1.807) is 38.3 Å². The Morgan fingerprint density at radius 2 is 1.97 bits per heavy atom. The average molecular weight is 423 g/mol. The fraction of sp³-hybridized carbons (Fsp3) is 0.526. The van der Waals surface area contributed by atoms with Crippen molar-refractivity contribution in [3.63, 3.8) is 0 Å². The molecule has 0 aliphatic carbocycles. The second-order valence-corrected chi connectivity index (χ2v) is 9.43. The SMILES string of the molecule is COc1ccc(OC[C@@H](C)NC(=O)C2=NN([C@@H]3CCS(=O)(=O)C3)C(=O)CC2)cc1. The summed E-state index contributed by atoms with van der Waals surface area (Å²) in [4.78, 5) is 24.7. The highest BCUT2D eigenvalue weighted by atomic mass is 32.2.